The van der Waals surface area contributed by atoms with Crippen LogP contribution < -0.4 is 10.9 Å². The predicted octanol–water partition coefficient (Wildman–Crippen LogP) is 6.75. The Kier molecular flexibility index (Phi) is 13.9. The van der Waals surface area contributed by atoms with Gasteiger partial charge in [-0.2, -0.15) is 5.10 Å². The quantitative estimate of drug-likeness (QED) is 0.124. The number of nitrogens with one attached hydrogen (secondary N) is 2. The molecule has 5 heterocycles. The van der Waals surface area contributed by atoms with E-state index < -0.39 is 11.5 Å². The number of nitrogens with zero attached hydrogens (tertiary/aromatic N) is 6. The van der Waals surface area contributed by atoms with Gasteiger partial charge in [-0.05, 0) is 131 Å². The second-order valence-electron chi connectivity index (χ2n) is 19.0. The summed E-state index contributed by atoms with van der Waals surface area (Å²) in [7, 11) is 2.18. The van der Waals surface area contributed by atoms with E-state index in [1.807, 2.05) is 86.5 Å². The number of urea groups is 1. The highest BCUT2D eigenvalue weighted by molar-refractivity contribution is 5.88. The zero-order valence-electron chi connectivity index (χ0n) is 38.4. The van der Waals surface area contributed by atoms with E-state index in [9.17, 15) is 19.2 Å². The standard InChI is InChI=1S/C51H66N8O5/c1-6-7-10-36-13-15-41(16-14-36)51(3,4)49(62)64-34-59-33-40-30-37(29-35(2)46(40)54-59)31-45(48(61)57-27-25-56(26-28-57)42-19-21-55(5)22-20-42)53-50(63)58-23-17-38(18-24-58)43-32-39-11-8-9-12-44(39)52-47(43)60/h8-9,11-16,29-30,32-33,38,42,45H,6-7,10,17-28,31,34H2,1-5H3,(H,52,60)(H,53,63). The third kappa shape index (κ3) is 10.2. The minimum absolute atomic E-state index is 0.0348. The van der Waals surface area contributed by atoms with Gasteiger partial charge < -0.3 is 29.7 Å². The minimum Gasteiger partial charge on any atom is -0.442 e. The zero-order valence-corrected chi connectivity index (χ0v) is 38.4. The molecule has 1 atom stereocenters. The van der Waals surface area contributed by atoms with Crippen molar-refractivity contribution < 1.29 is 19.1 Å². The first kappa shape index (κ1) is 45.1. The van der Waals surface area contributed by atoms with Crippen molar-refractivity contribution in [2.75, 3.05) is 59.4 Å². The van der Waals surface area contributed by atoms with Gasteiger partial charge in [-0.3, -0.25) is 19.3 Å². The lowest BCUT2D eigenvalue weighted by molar-refractivity contribution is -0.153. The molecule has 3 aliphatic rings. The summed E-state index contributed by atoms with van der Waals surface area (Å²) in [4.78, 5) is 66.8. The van der Waals surface area contributed by atoms with Gasteiger partial charge in [0.15, 0.2) is 6.73 Å². The Labute approximate surface area is 377 Å². The molecule has 3 aliphatic heterocycles. The number of benzene rings is 3. The minimum atomic E-state index is -0.837. The maximum absolute atomic E-state index is 14.5. The molecule has 340 valence electrons. The van der Waals surface area contributed by atoms with Gasteiger partial charge in [0.1, 0.15) is 6.04 Å². The molecule has 0 spiro atoms. The van der Waals surface area contributed by atoms with Gasteiger partial charge in [0, 0.05) is 74.4 Å². The molecule has 3 amide bonds. The van der Waals surface area contributed by atoms with Crippen molar-refractivity contribution in [3.63, 3.8) is 0 Å². The molecule has 3 saturated heterocycles. The number of rotatable bonds is 13. The number of para-hydroxylation sites is 1. The highest BCUT2D eigenvalue weighted by atomic mass is 16.5. The Morgan fingerprint density at radius 2 is 1.58 bits per heavy atom. The van der Waals surface area contributed by atoms with Crippen LogP contribution in [0.3, 0.4) is 0 Å². The number of fused-ring (bicyclic) bond motifs is 2. The number of H-pyrrole nitrogens is 1. The van der Waals surface area contributed by atoms with Crippen LogP contribution in [0.4, 0.5) is 4.79 Å². The Morgan fingerprint density at radius 3 is 2.30 bits per heavy atom. The summed E-state index contributed by atoms with van der Waals surface area (Å²) in [6.07, 6.45) is 9.07. The molecular formula is C51H66N8O5. The number of hydrogen-bond donors (Lipinski definition) is 2. The van der Waals surface area contributed by atoms with Crippen LogP contribution in [0.2, 0.25) is 0 Å². The summed E-state index contributed by atoms with van der Waals surface area (Å²) in [5.41, 5.74) is 5.44. The lowest BCUT2D eigenvalue weighted by atomic mass is 9.84. The molecular weight excluding hydrogens is 805 g/mol. The van der Waals surface area contributed by atoms with Crippen molar-refractivity contribution in [3.05, 3.63) is 111 Å². The van der Waals surface area contributed by atoms with Gasteiger partial charge in [-0.25, -0.2) is 9.48 Å². The smallest absolute Gasteiger partial charge is 0.318 e. The molecule has 0 bridgehead atoms. The SMILES string of the molecule is CCCCc1ccc(C(C)(C)C(=O)OCn2cc3cc(CC(NC(=O)N4CCC(c5cc6ccccc6[nH]c5=O)CC4)C(=O)N4CCN(C5CCN(C)CC5)CC4)cc(C)c3n2)cc1. The third-order valence-electron chi connectivity index (χ3n) is 14.1. The number of carbonyl (C=O) groups excluding carboxylic acids is 3. The summed E-state index contributed by atoms with van der Waals surface area (Å²) in [5, 5.41) is 9.81. The molecule has 0 aliphatic carbocycles. The second-order valence-corrected chi connectivity index (χ2v) is 19.0. The molecule has 1 unspecified atom stereocenters. The van der Waals surface area contributed by atoms with Crippen LogP contribution in [0.15, 0.2) is 77.7 Å². The largest absolute Gasteiger partial charge is 0.442 e. The second kappa shape index (κ2) is 19.7. The van der Waals surface area contributed by atoms with Crippen LogP contribution in [0.25, 0.3) is 21.8 Å². The number of aromatic amines is 1. The maximum atomic E-state index is 14.5. The zero-order chi connectivity index (χ0) is 45.0. The van der Waals surface area contributed by atoms with E-state index in [2.05, 4.69) is 46.2 Å². The monoisotopic (exact) mass is 871 g/mol. The van der Waals surface area contributed by atoms with Crippen LogP contribution in [0, 0.1) is 6.92 Å². The van der Waals surface area contributed by atoms with Gasteiger partial charge in [0.2, 0.25) is 5.91 Å². The average molecular weight is 871 g/mol. The molecule has 2 N–H and O–H groups in total. The van der Waals surface area contributed by atoms with E-state index in [0.29, 0.717) is 51.5 Å². The molecule has 5 aromatic rings. The van der Waals surface area contributed by atoms with Gasteiger partial charge in [0.25, 0.3) is 5.56 Å². The van der Waals surface area contributed by atoms with Crippen molar-refractivity contribution in [1.29, 1.82) is 0 Å². The van der Waals surface area contributed by atoms with Crippen molar-refractivity contribution in [2.24, 2.45) is 0 Å². The van der Waals surface area contributed by atoms with E-state index in [1.54, 1.807) is 9.58 Å². The van der Waals surface area contributed by atoms with Gasteiger partial charge in [-0.1, -0.05) is 61.9 Å². The van der Waals surface area contributed by atoms with E-state index >= 15 is 0 Å². The fourth-order valence-corrected chi connectivity index (χ4v) is 9.94. The van der Waals surface area contributed by atoms with Gasteiger partial charge in [-0.15, -0.1) is 0 Å². The topological polar surface area (TPSA) is 136 Å². The molecule has 0 radical (unpaired) electrons. The van der Waals surface area contributed by atoms with E-state index in [0.717, 1.165) is 102 Å². The number of amides is 3. The van der Waals surface area contributed by atoms with Crippen molar-refractivity contribution in [3.8, 4) is 0 Å². The molecule has 13 heteroatoms. The maximum Gasteiger partial charge on any atom is 0.318 e. The Morgan fingerprint density at radius 1 is 0.859 bits per heavy atom. The summed E-state index contributed by atoms with van der Waals surface area (Å²) in [6, 6.07) is 21.6. The molecule has 3 aromatic carbocycles. The molecule has 0 saturated carbocycles. The number of aryl methyl sites for hydroxylation is 2. The van der Waals surface area contributed by atoms with Crippen LogP contribution in [-0.2, 0) is 39.3 Å². The Bertz CT molecular complexity index is 2490. The first-order valence-electron chi connectivity index (χ1n) is 23.5. The van der Waals surface area contributed by atoms with E-state index in [-0.39, 0.29) is 36.1 Å². The number of pyridine rings is 1. The highest BCUT2D eigenvalue weighted by Gasteiger charge is 2.35. The van der Waals surface area contributed by atoms with Crippen LogP contribution in [-0.4, -0.2) is 124 Å². The van der Waals surface area contributed by atoms with Crippen molar-refractivity contribution in [2.45, 2.75) is 109 Å². The van der Waals surface area contributed by atoms with Crippen LogP contribution >= 0.6 is 0 Å². The number of piperidine rings is 2. The first-order valence-corrected chi connectivity index (χ1v) is 23.5. The number of unbranched alkanes of at least 4 members (excludes halogenated alkanes) is 1. The summed E-state index contributed by atoms with van der Waals surface area (Å²) in [5.74, 6) is -0.372. The normalized spacial score (nSPS) is 17.8. The fourth-order valence-electron chi connectivity index (χ4n) is 9.94. The van der Waals surface area contributed by atoms with E-state index in [1.165, 1.54) is 5.56 Å². The van der Waals surface area contributed by atoms with Crippen LogP contribution in [0.5, 0.6) is 0 Å². The number of ether oxygens (including phenoxy) is 1. The summed E-state index contributed by atoms with van der Waals surface area (Å²) in [6.45, 7) is 13.9. The summed E-state index contributed by atoms with van der Waals surface area (Å²) >= 11 is 0. The number of aromatic nitrogens is 3. The summed E-state index contributed by atoms with van der Waals surface area (Å²) < 4.78 is 7.49. The Hall–Kier alpha value is -5.53. The predicted molar refractivity (Wildman–Crippen MR) is 251 cm³/mol. The third-order valence-corrected chi connectivity index (χ3v) is 14.1. The molecule has 2 aromatic heterocycles. The van der Waals surface area contributed by atoms with Gasteiger partial charge >= 0.3 is 12.0 Å². The molecule has 8 rings (SSSR count). The number of carbonyl (C=O) groups is 3. The first-order chi connectivity index (χ1) is 30.9. The number of hydrogen-bond acceptors (Lipinski definition) is 8. The van der Waals surface area contributed by atoms with Crippen molar-refractivity contribution >= 4 is 39.7 Å². The number of piperazine rings is 1. The molecule has 64 heavy (non-hydrogen) atoms. The fraction of sp³-hybridized carbons (Fsp3) is 0.510. The van der Waals surface area contributed by atoms with Crippen LogP contribution in [0.1, 0.15) is 93.0 Å². The number of esters is 1. The molecule has 13 nitrogen and oxygen atoms in total. The lowest BCUT2D eigenvalue weighted by Gasteiger charge is -2.43. The lowest BCUT2D eigenvalue weighted by Crippen LogP contribution is -2.59. The average Bonchev–Trinajstić information content (AvgIpc) is 3.73. The Balaban J connectivity index is 0.946. The number of likely N-dealkylation sites (tertiary alicyclic amines) is 2. The van der Waals surface area contributed by atoms with Crippen molar-refractivity contribution in [1.82, 2.24) is 39.7 Å². The molecule has 3 fully saturated rings. The van der Waals surface area contributed by atoms with E-state index in [4.69, 9.17) is 9.84 Å². The van der Waals surface area contributed by atoms with Gasteiger partial charge in [0.05, 0.1) is 10.9 Å². The highest BCUT2D eigenvalue weighted by Crippen LogP contribution is 2.29.